The fourth-order valence-corrected chi connectivity index (χ4v) is 3.92. The summed E-state index contributed by atoms with van der Waals surface area (Å²) in [5.41, 5.74) is 1.46. The molecule has 30 heavy (non-hydrogen) atoms. The minimum Gasteiger partial charge on any atom is -0.325 e. The number of anilines is 1. The number of halogens is 4. The van der Waals surface area contributed by atoms with Crippen molar-refractivity contribution < 1.29 is 18.0 Å². The maximum absolute atomic E-state index is 13.5. The lowest BCUT2D eigenvalue weighted by Gasteiger charge is -2.32. The summed E-state index contributed by atoms with van der Waals surface area (Å²) in [6.07, 6.45) is -3.27. The van der Waals surface area contributed by atoms with E-state index in [0.29, 0.717) is 47.7 Å². The van der Waals surface area contributed by atoms with Crippen LogP contribution < -0.4 is 5.32 Å². The van der Waals surface area contributed by atoms with Crippen molar-refractivity contribution in [1.82, 2.24) is 14.5 Å². The van der Waals surface area contributed by atoms with Gasteiger partial charge in [-0.25, -0.2) is 9.78 Å². The van der Waals surface area contributed by atoms with Crippen molar-refractivity contribution in [2.24, 2.45) is 5.92 Å². The van der Waals surface area contributed by atoms with Gasteiger partial charge in [0.25, 0.3) is 0 Å². The Hall–Kier alpha value is -2.74. The number of hydrogen-bond acceptors (Lipinski definition) is 2. The number of nitrogens with zero attached hydrogens (tertiary/aromatic N) is 3. The highest BCUT2D eigenvalue weighted by Gasteiger charge is 2.38. The molecule has 5 nitrogen and oxygen atoms in total. The molecule has 2 heterocycles. The monoisotopic (exact) mass is 436 g/mol. The van der Waals surface area contributed by atoms with Crippen molar-refractivity contribution in [3.05, 3.63) is 59.4 Å². The average molecular weight is 437 g/mol. The smallest absolute Gasteiger partial charge is 0.325 e. The van der Waals surface area contributed by atoms with Crippen molar-refractivity contribution in [1.29, 1.82) is 0 Å². The Morgan fingerprint density at radius 3 is 2.43 bits per heavy atom. The first kappa shape index (κ1) is 20.5. The fourth-order valence-electron chi connectivity index (χ4n) is 3.79. The number of rotatable bonds is 3. The summed E-state index contributed by atoms with van der Waals surface area (Å²) in [6, 6.07) is 13.2. The van der Waals surface area contributed by atoms with E-state index in [9.17, 15) is 18.0 Å². The van der Waals surface area contributed by atoms with Crippen molar-refractivity contribution in [2.75, 3.05) is 18.4 Å². The van der Waals surface area contributed by atoms with Crippen molar-refractivity contribution in [3.63, 3.8) is 0 Å². The summed E-state index contributed by atoms with van der Waals surface area (Å²) in [6.45, 7) is 1.19. The molecule has 2 aromatic carbocycles. The summed E-state index contributed by atoms with van der Waals surface area (Å²) in [5.74, 6) is -0.838. The number of piperidine rings is 1. The number of urea groups is 1. The molecule has 1 saturated heterocycles. The number of nitrogens with one attached hydrogen (secondary N) is 1. The largest absolute Gasteiger partial charge is 0.449 e. The van der Waals surface area contributed by atoms with Crippen LogP contribution in [-0.2, 0) is 12.7 Å². The third-order valence-electron chi connectivity index (χ3n) is 5.35. The molecule has 3 aromatic rings. The number of alkyl halides is 3. The van der Waals surface area contributed by atoms with Crippen LogP contribution in [0.15, 0.2) is 48.5 Å². The molecular weight excluding hydrogens is 417 g/mol. The topological polar surface area (TPSA) is 50.2 Å². The van der Waals surface area contributed by atoms with Gasteiger partial charge >= 0.3 is 12.2 Å². The number of amides is 2. The van der Waals surface area contributed by atoms with Crippen LogP contribution in [0.2, 0.25) is 5.02 Å². The zero-order valence-electron chi connectivity index (χ0n) is 16.0. The van der Waals surface area contributed by atoms with Gasteiger partial charge < -0.3 is 14.8 Å². The molecule has 1 aromatic heterocycles. The summed E-state index contributed by atoms with van der Waals surface area (Å²) >= 11 is 5.85. The summed E-state index contributed by atoms with van der Waals surface area (Å²) in [7, 11) is 0. The Labute approximate surface area is 176 Å². The molecule has 0 unspecified atom stereocenters. The lowest BCUT2D eigenvalue weighted by atomic mass is 9.96. The van der Waals surface area contributed by atoms with E-state index in [1.165, 1.54) is 4.57 Å². The van der Waals surface area contributed by atoms with Crippen LogP contribution in [0.3, 0.4) is 0 Å². The first-order valence-electron chi connectivity index (χ1n) is 9.65. The number of para-hydroxylation sites is 2. The van der Waals surface area contributed by atoms with Crippen LogP contribution >= 0.6 is 11.6 Å². The van der Waals surface area contributed by atoms with E-state index >= 15 is 0 Å². The van der Waals surface area contributed by atoms with Gasteiger partial charge in [-0.1, -0.05) is 23.7 Å². The Morgan fingerprint density at radius 1 is 1.10 bits per heavy atom. The predicted molar refractivity (Wildman–Crippen MR) is 110 cm³/mol. The second-order valence-corrected chi connectivity index (χ2v) is 7.84. The zero-order valence-corrected chi connectivity index (χ0v) is 16.7. The molecule has 1 aliphatic heterocycles. The van der Waals surface area contributed by atoms with Gasteiger partial charge in [0.15, 0.2) is 0 Å². The number of fused-ring (bicyclic) bond motifs is 1. The molecule has 0 radical (unpaired) electrons. The number of likely N-dealkylation sites (tertiary alicyclic amines) is 1. The molecule has 0 spiro atoms. The number of carbonyl (C=O) groups excluding carboxylic acids is 1. The number of carbonyl (C=O) groups is 1. The van der Waals surface area contributed by atoms with Gasteiger partial charge in [-0.3, -0.25) is 0 Å². The molecule has 1 N–H and O–H groups in total. The summed E-state index contributed by atoms with van der Waals surface area (Å²) < 4.78 is 41.7. The second kappa shape index (κ2) is 8.18. The van der Waals surface area contributed by atoms with Crippen molar-refractivity contribution in [2.45, 2.75) is 25.6 Å². The molecule has 0 aliphatic carbocycles. The normalized spacial score (nSPS) is 15.5. The number of aromatic nitrogens is 2. The van der Waals surface area contributed by atoms with Crippen LogP contribution in [0, 0.1) is 5.92 Å². The van der Waals surface area contributed by atoms with Crippen molar-refractivity contribution >= 4 is 34.4 Å². The quantitative estimate of drug-likeness (QED) is 0.576. The predicted octanol–water partition coefficient (Wildman–Crippen LogP) is 5.65. The van der Waals surface area contributed by atoms with Gasteiger partial charge in [-0.15, -0.1) is 0 Å². The Bertz CT molecular complexity index is 1040. The molecule has 158 valence electrons. The van der Waals surface area contributed by atoms with Gasteiger partial charge in [-0.05, 0) is 55.2 Å². The highest BCUT2D eigenvalue weighted by atomic mass is 35.5. The number of imidazole rings is 1. The lowest BCUT2D eigenvalue weighted by molar-refractivity contribution is -0.147. The fraction of sp³-hybridized carbons (Fsp3) is 0.333. The van der Waals surface area contributed by atoms with E-state index in [0.717, 1.165) is 0 Å². The Kier molecular flexibility index (Phi) is 5.60. The molecular formula is C21H20ClF3N4O. The molecule has 9 heteroatoms. The number of benzene rings is 2. The first-order chi connectivity index (χ1) is 14.3. The van der Waals surface area contributed by atoms with Crippen LogP contribution in [0.5, 0.6) is 0 Å². The minimum atomic E-state index is -4.52. The third kappa shape index (κ3) is 4.38. The van der Waals surface area contributed by atoms with Crippen molar-refractivity contribution in [3.8, 4) is 0 Å². The lowest BCUT2D eigenvalue weighted by Crippen LogP contribution is -2.41. The highest BCUT2D eigenvalue weighted by molar-refractivity contribution is 6.30. The van der Waals surface area contributed by atoms with Gasteiger partial charge in [-0.2, -0.15) is 13.2 Å². The zero-order chi connectivity index (χ0) is 21.3. The Morgan fingerprint density at radius 2 is 1.77 bits per heavy atom. The minimum absolute atomic E-state index is 0.0308. The number of hydrogen-bond donors (Lipinski definition) is 1. The molecule has 0 saturated carbocycles. The molecule has 0 atom stereocenters. The van der Waals surface area contributed by atoms with Gasteiger partial charge in [0.05, 0.1) is 11.0 Å². The van der Waals surface area contributed by atoms with E-state index in [1.807, 2.05) is 0 Å². The molecule has 4 rings (SSSR count). The second-order valence-electron chi connectivity index (χ2n) is 7.40. The first-order valence-corrected chi connectivity index (χ1v) is 10.0. The van der Waals surface area contributed by atoms with Crippen LogP contribution in [0.25, 0.3) is 11.0 Å². The van der Waals surface area contributed by atoms with Crippen LogP contribution in [0.1, 0.15) is 18.7 Å². The molecule has 0 bridgehead atoms. The maximum atomic E-state index is 13.5. The SMILES string of the molecule is O=C(Nc1ccc(Cl)cc1)N1CCC(Cn2c(C(F)(F)F)nc3ccccc32)CC1. The van der Waals surface area contributed by atoms with Gasteiger partial charge in [0.2, 0.25) is 5.82 Å². The van der Waals surface area contributed by atoms with E-state index in [2.05, 4.69) is 10.3 Å². The summed E-state index contributed by atoms with van der Waals surface area (Å²) in [5, 5.41) is 3.40. The molecule has 1 fully saturated rings. The highest BCUT2D eigenvalue weighted by Crippen LogP contribution is 2.33. The average Bonchev–Trinajstić information content (AvgIpc) is 3.09. The van der Waals surface area contributed by atoms with E-state index in [-0.39, 0.29) is 18.5 Å². The van der Waals surface area contributed by atoms with E-state index < -0.39 is 12.0 Å². The Balaban J connectivity index is 1.42. The third-order valence-corrected chi connectivity index (χ3v) is 5.60. The molecule has 2 amide bonds. The molecule has 1 aliphatic rings. The van der Waals surface area contributed by atoms with Crippen LogP contribution in [-0.4, -0.2) is 33.6 Å². The van der Waals surface area contributed by atoms with Gasteiger partial charge in [0, 0.05) is 30.3 Å². The standard InChI is InChI=1S/C21H20ClF3N4O/c22-15-5-7-16(8-6-15)26-20(30)28-11-9-14(10-12-28)13-29-18-4-2-1-3-17(18)27-19(29)21(23,24)25/h1-8,14H,9-13H2,(H,26,30). The van der Waals surface area contributed by atoms with E-state index in [4.69, 9.17) is 11.6 Å². The van der Waals surface area contributed by atoms with Gasteiger partial charge in [0.1, 0.15) is 0 Å². The van der Waals surface area contributed by atoms with E-state index in [1.54, 1.807) is 53.4 Å². The van der Waals surface area contributed by atoms with Crippen LogP contribution in [0.4, 0.5) is 23.7 Å². The maximum Gasteiger partial charge on any atom is 0.449 e. The summed E-state index contributed by atoms with van der Waals surface area (Å²) in [4.78, 5) is 17.9.